The van der Waals surface area contributed by atoms with Crippen molar-refractivity contribution >= 4 is 23.3 Å². The van der Waals surface area contributed by atoms with Gasteiger partial charge in [0.1, 0.15) is 5.82 Å². The van der Waals surface area contributed by atoms with Gasteiger partial charge in [-0.1, -0.05) is 30.7 Å². The standard InChI is InChI=1S/C20H24ClN3O/c1-15-3-2-12-24(14-15)19-13-17(9-11-22-19)20(25)23-10-8-16-4-6-18(21)7-5-16/h4-7,9,11,13,15H,2-3,8,10,12,14H2,1H3,(H,23,25). The number of nitrogens with one attached hydrogen (secondary N) is 1. The van der Waals surface area contributed by atoms with E-state index >= 15 is 0 Å². The minimum Gasteiger partial charge on any atom is -0.356 e. The highest BCUT2D eigenvalue weighted by Crippen LogP contribution is 2.21. The van der Waals surface area contributed by atoms with Gasteiger partial charge in [0, 0.05) is 36.4 Å². The van der Waals surface area contributed by atoms with E-state index in [0.717, 1.165) is 35.9 Å². The molecule has 1 N–H and O–H groups in total. The first-order valence-corrected chi connectivity index (χ1v) is 9.23. The fourth-order valence-corrected chi connectivity index (χ4v) is 3.33. The molecule has 2 aromatic rings. The summed E-state index contributed by atoms with van der Waals surface area (Å²) in [6, 6.07) is 11.4. The number of anilines is 1. The van der Waals surface area contributed by atoms with Crippen molar-refractivity contribution in [3.63, 3.8) is 0 Å². The van der Waals surface area contributed by atoms with E-state index in [1.807, 2.05) is 30.3 Å². The van der Waals surface area contributed by atoms with Crippen molar-refractivity contribution in [1.29, 1.82) is 0 Å². The van der Waals surface area contributed by atoms with Crippen molar-refractivity contribution in [3.8, 4) is 0 Å². The van der Waals surface area contributed by atoms with Crippen molar-refractivity contribution in [3.05, 3.63) is 58.7 Å². The lowest BCUT2D eigenvalue weighted by atomic mass is 10.0. The fraction of sp³-hybridized carbons (Fsp3) is 0.400. The molecule has 0 bridgehead atoms. The van der Waals surface area contributed by atoms with Gasteiger partial charge in [0.05, 0.1) is 0 Å². The van der Waals surface area contributed by atoms with Gasteiger partial charge in [0.15, 0.2) is 0 Å². The molecule has 1 aliphatic rings. The molecular weight excluding hydrogens is 334 g/mol. The average molecular weight is 358 g/mol. The van der Waals surface area contributed by atoms with Crippen LogP contribution in [0.5, 0.6) is 0 Å². The van der Waals surface area contributed by atoms with Gasteiger partial charge in [0.2, 0.25) is 0 Å². The van der Waals surface area contributed by atoms with Crippen molar-refractivity contribution in [2.75, 3.05) is 24.5 Å². The fourth-order valence-electron chi connectivity index (χ4n) is 3.20. The van der Waals surface area contributed by atoms with Crippen LogP contribution in [-0.4, -0.2) is 30.5 Å². The third-order valence-electron chi connectivity index (χ3n) is 4.60. The smallest absolute Gasteiger partial charge is 0.251 e. The van der Waals surface area contributed by atoms with Gasteiger partial charge < -0.3 is 10.2 Å². The lowest BCUT2D eigenvalue weighted by Crippen LogP contribution is -2.35. The number of rotatable bonds is 5. The van der Waals surface area contributed by atoms with Crippen molar-refractivity contribution in [1.82, 2.24) is 10.3 Å². The SMILES string of the molecule is CC1CCCN(c2cc(C(=O)NCCc3ccc(Cl)cc3)ccn2)C1. The topological polar surface area (TPSA) is 45.2 Å². The van der Waals surface area contributed by atoms with Crippen LogP contribution in [0.15, 0.2) is 42.6 Å². The second-order valence-electron chi connectivity index (χ2n) is 6.73. The predicted molar refractivity (Wildman–Crippen MR) is 102 cm³/mol. The normalized spacial score (nSPS) is 17.4. The molecule has 4 nitrogen and oxygen atoms in total. The Labute approximate surface area is 154 Å². The number of benzene rings is 1. The second-order valence-corrected chi connectivity index (χ2v) is 7.16. The maximum absolute atomic E-state index is 12.4. The third kappa shape index (κ3) is 4.95. The molecule has 0 spiro atoms. The number of halogens is 1. The summed E-state index contributed by atoms with van der Waals surface area (Å²) in [5, 5.41) is 3.71. The molecule has 1 aliphatic heterocycles. The Hall–Kier alpha value is -2.07. The van der Waals surface area contributed by atoms with E-state index in [1.165, 1.54) is 12.8 Å². The molecule has 0 radical (unpaired) electrons. The Bertz CT molecular complexity index is 717. The summed E-state index contributed by atoms with van der Waals surface area (Å²) in [6.07, 6.45) is 4.95. The first-order valence-electron chi connectivity index (χ1n) is 8.85. The number of carbonyl (C=O) groups excluding carboxylic acids is 1. The van der Waals surface area contributed by atoms with E-state index in [-0.39, 0.29) is 5.91 Å². The van der Waals surface area contributed by atoms with Crippen LogP contribution in [0.3, 0.4) is 0 Å². The molecule has 1 aromatic carbocycles. The first-order chi connectivity index (χ1) is 12.1. The van der Waals surface area contributed by atoms with E-state index in [2.05, 4.69) is 22.1 Å². The van der Waals surface area contributed by atoms with Crippen LogP contribution in [0.4, 0.5) is 5.82 Å². The summed E-state index contributed by atoms with van der Waals surface area (Å²) in [6.45, 7) is 4.88. The number of hydrogen-bond acceptors (Lipinski definition) is 3. The minimum atomic E-state index is -0.0531. The Balaban J connectivity index is 1.56. The van der Waals surface area contributed by atoms with E-state index in [0.29, 0.717) is 18.0 Å². The maximum Gasteiger partial charge on any atom is 0.251 e. The van der Waals surface area contributed by atoms with Gasteiger partial charge in [-0.15, -0.1) is 0 Å². The molecule has 3 rings (SSSR count). The lowest BCUT2D eigenvalue weighted by Gasteiger charge is -2.31. The number of piperidine rings is 1. The van der Waals surface area contributed by atoms with Crippen molar-refractivity contribution in [2.45, 2.75) is 26.2 Å². The van der Waals surface area contributed by atoms with Gasteiger partial charge in [-0.2, -0.15) is 0 Å². The number of carbonyl (C=O) groups is 1. The predicted octanol–water partition coefficient (Wildman–Crippen LogP) is 3.94. The zero-order valence-electron chi connectivity index (χ0n) is 14.5. The molecule has 25 heavy (non-hydrogen) atoms. The van der Waals surface area contributed by atoms with E-state index in [4.69, 9.17) is 11.6 Å². The molecular formula is C20H24ClN3O. The molecule has 0 saturated carbocycles. The van der Waals surface area contributed by atoms with E-state index < -0.39 is 0 Å². The minimum absolute atomic E-state index is 0.0531. The third-order valence-corrected chi connectivity index (χ3v) is 4.85. The zero-order valence-corrected chi connectivity index (χ0v) is 15.3. The number of amides is 1. The maximum atomic E-state index is 12.4. The molecule has 1 saturated heterocycles. The summed E-state index contributed by atoms with van der Waals surface area (Å²) >= 11 is 5.88. The van der Waals surface area contributed by atoms with Crippen molar-refractivity contribution < 1.29 is 4.79 Å². The molecule has 1 fully saturated rings. The molecule has 2 heterocycles. The summed E-state index contributed by atoms with van der Waals surface area (Å²) in [5.41, 5.74) is 1.82. The Morgan fingerprint density at radius 3 is 2.88 bits per heavy atom. The van der Waals surface area contributed by atoms with Crippen LogP contribution in [0.2, 0.25) is 5.02 Å². The van der Waals surface area contributed by atoms with Crippen LogP contribution in [0.25, 0.3) is 0 Å². The number of hydrogen-bond donors (Lipinski definition) is 1. The van der Waals surface area contributed by atoms with Gasteiger partial charge in [0.25, 0.3) is 5.91 Å². The van der Waals surface area contributed by atoms with Crippen molar-refractivity contribution in [2.24, 2.45) is 5.92 Å². The average Bonchev–Trinajstić information content (AvgIpc) is 2.63. The van der Waals surface area contributed by atoms with Crippen LogP contribution in [0, 0.1) is 5.92 Å². The summed E-state index contributed by atoms with van der Waals surface area (Å²) in [5.74, 6) is 1.52. The van der Waals surface area contributed by atoms with E-state index in [9.17, 15) is 4.79 Å². The highest BCUT2D eigenvalue weighted by molar-refractivity contribution is 6.30. The van der Waals surface area contributed by atoms with Crippen LogP contribution < -0.4 is 10.2 Å². The molecule has 1 atom stereocenters. The van der Waals surface area contributed by atoms with Gasteiger partial charge in [-0.05, 0) is 55.0 Å². The highest BCUT2D eigenvalue weighted by atomic mass is 35.5. The summed E-state index contributed by atoms with van der Waals surface area (Å²) in [7, 11) is 0. The Morgan fingerprint density at radius 1 is 1.32 bits per heavy atom. The van der Waals surface area contributed by atoms with E-state index in [1.54, 1.807) is 12.3 Å². The molecule has 1 aromatic heterocycles. The number of nitrogens with zero attached hydrogens (tertiary/aromatic N) is 2. The number of pyridine rings is 1. The van der Waals surface area contributed by atoms with Crippen LogP contribution in [-0.2, 0) is 6.42 Å². The molecule has 1 unspecified atom stereocenters. The second kappa shape index (κ2) is 8.34. The van der Waals surface area contributed by atoms with Gasteiger partial charge in [-0.3, -0.25) is 4.79 Å². The molecule has 132 valence electrons. The highest BCUT2D eigenvalue weighted by Gasteiger charge is 2.18. The first kappa shape index (κ1) is 17.7. The largest absolute Gasteiger partial charge is 0.356 e. The quantitative estimate of drug-likeness (QED) is 0.881. The van der Waals surface area contributed by atoms with Gasteiger partial charge >= 0.3 is 0 Å². The van der Waals surface area contributed by atoms with Gasteiger partial charge in [-0.25, -0.2) is 4.98 Å². The Kier molecular flexibility index (Phi) is 5.92. The Morgan fingerprint density at radius 2 is 2.12 bits per heavy atom. The van der Waals surface area contributed by atoms with Crippen LogP contribution in [0.1, 0.15) is 35.7 Å². The lowest BCUT2D eigenvalue weighted by molar-refractivity contribution is 0.0954. The molecule has 1 amide bonds. The van der Waals surface area contributed by atoms with Crippen LogP contribution >= 0.6 is 11.6 Å². The zero-order chi connectivity index (χ0) is 17.6. The monoisotopic (exact) mass is 357 g/mol. The molecule has 5 heteroatoms. The molecule has 0 aliphatic carbocycles. The number of aromatic nitrogens is 1. The summed E-state index contributed by atoms with van der Waals surface area (Å²) in [4.78, 5) is 19.1. The summed E-state index contributed by atoms with van der Waals surface area (Å²) < 4.78 is 0.